The number of benzene rings is 9. The second-order valence-electron chi connectivity index (χ2n) is 13.9. The summed E-state index contributed by atoms with van der Waals surface area (Å²) in [7, 11) is 0. The third-order valence-corrected chi connectivity index (χ3v) is 10.7. The molecule has 11 aromatic rings. The number of rotatable bonds is 5. The van der Waals surface area contributed by atoms with Crippen LogP contribution in [0.25, 0.3) is 111 Å². The second kappa shape index (κ2) is 12.6. The van der Waals surface area contributed by atoms with Gasteiger partial charge in [0.25, 0.3) is 0 Å². The van der Waals surface area contributed by atoms with Gasteiger partial charge in [-0.3, -0.25) is 0 Å². The van der Waals surface area contributed by atoms with Gasteiger partial charge in [-0.15, -0.1) is 0 Å². The van der Waals surface area contributed by atoms with Crippen molar-refractivity contribution in [3.05, 3.63) is 188 Å². The minimum atomic E-state index is 0.552. The van der Waals surface area contributed by atoms with E-state index in [9.17, 15) is 0 Å². The van der Waals surface area contributed by atoms with Crippen LogP contribution in [0.15, 0.2) is 192 Å². The predicted octanol–water partition coefficient (Wildman–Crippen LogP) is 13.6. The van der Waals surface area contributed by atoms with Crippen LogP contribution in [-0.4, -0.2) is 15.0 Å². The predicted molar refractivity (Wildman–Crippen MR) is 227 cm³/mol. The molecule has 9 aromatic carbocycles. The first-order valence-corrected chi connectivity index (χ1v) is 18.5. The molecule has 0 saturated carbocycles. The molecule has 4 nitrogen and oxygen atoms in total. The van der Waals surface area contributed by atoms with Crippen molar-refractivity contribution >= 4 is 54.3 Å². The molecule has 4 heteroatoms. The highest BCUT2D eigenvalue weighted by Crippen LogP contribution is 2.44. The van der Waals surface area contributed by atoms with Crippen molar-refractivity contribution in [1.82, 2.24) is 15.0 Å². The summed E-state index contributed by atoms with van der Waals surface area (Å²) in [5.74, 6) is 1.74. The lowest BCUT2D eigenvalue weighted by Crippen LogP contribution is -2.02. The second-order valence-corrected chi connectivity index (χ2v) is 13.9. The van der Waals surface area contributed by atoms with Crippen LogP contribution < -0.4 is 0 Å². The Bertz CT molecular complexity index is 3270. The molecular weight excluding hydrogens is 671 g/mol. The van der Waals surface area contributed by atoms with E-state index in [1.807, 2.05) is 36.4 Å². The van der Waals surface area contributed by atoms with E-state index in [-0.39, 0.29) is 0 Å². The van der Waals surface area contributed by atoms with Crippen LogP contribution >= 0.6 is 0 Å². The van der Waals surface area contributed by atoms with Crippen LogP contribution in [0, 0.1) is 0 Å². The van der Waals surface area contributed by atoms with Crippen LogP contribution in [0.2, 0.25) is 0 Å². The van der Waals surface area contributed by atoms with Gasteiger partial charge in [-0.2, -0.15) is 0 Å². The third kappa shape index (κ3) is 5.11. The number of aromatic nitrogens is 3. The van der Waals surface area contributed by atoms with Gasteiger partial charge in [0.05, 0.1) is 5.56 Å². The number of nitrogens with zero attached hydrogens (tertiary/aromatic N) is 3. The first-order chi connectivity index (χ1) is 27.3. The lowest BCUT2D eigenvalue weighted by molar-refractivity contribution is 0.669. The van der Waals surface area contributed by atoms with Crippen molar-refractivity contribution in [3.8, 4) is 56.4 Å². The molecule has 0 aliphatic carbocycles. The molecule has 0 fully saturated rings. The fourth-order valence-corrected chi connectivity index (χ4v) is 8.21. The lowest BCUT2D eigenvalue weighted by Gasteiger charge is -2.17. The molecule has 55 heavy (non-hydrogen) atoms. The zero-order valence-electron chi connectivity index (χ0n) is 29.6. The highest BCUT2D eigenvalue weighted by molar-refractivity contribution is 6.21. The molecule has 0 saturated heterocycles. The Morgan fingerprint density at radius 2 is 0.855 bits per heavy atom. The van der Waals surface area contributed by atoms with Crippen LogP contribution in [0.4, 0.5) is 0 Å². The fraction of sp³-hybridized carbons (Fsp3) is 0. The van der Waals surface area contributed by atoms with Crippen molar-refractivity contribution in [1.29, 1.82) is 0 Å². The number of fused-ring (bicyclic) bond motifs is 7. The molecular formula is C51H31N3O. The van der Waals surface area contributed by atoms with E-state index in [1.54, 1.807) is 0 Å². The Hall–Kier alpha value is -7.43. The van der Waals surface area contributed by atoms with Crippen molar-refractivity contribution in [2.45, 2.75) is 0 Å². The van der Waals surface area contributed by atoms with Crippen LogP contribution in [0.1, 0.15) is 0 Å². The van der Waals surface area contributed by atoms with E-state index < -0.39 is 0 Å². The van der Waals surface area contributed by atoms with E-state index in [2.05, 4.69) is 152 Å². The van der Waals surface area contributed by atoms with Gasteiger partial charge in [-0.05, 0) is 72.8 Å². The van der Waals surface area contributed by atoms with Crippen molar-refractivity contribution in [2.24, 2.45) is 0 Å². The molecule has 256 valence electrons. The summed E-state index contributed by atoms with van der Waals surface area (Å²) in [5, 5.41) is 9.28. The Labute approximate surface area is 317 Å². The maximum atomic E-state index is 6.55. The Morgan fingerprint density at radius 1 is 0.309 bits per heavy atom. The number of furan rings is 1. The summed E-state index contributed by atoms with van der Waals surface area (Å²) in [6.45, 7) is 0. The zero-order chi connectivity index (χ0) is 36.3. The molecule has 0 aliphatic rings. The quantitative estimate of drug-likeness (QED) is 0.132. The third-order valence-electron chi connectivity index (χ3n) is 10.7. The SMILES string of the molecule is c1ccc(-c2ccccc2-c2nc(-c3ccccc3-c3c4ccccc4cc4c3ccc3ccccc34)nc(-c3cccc4c3oc3ccccc34)n2)cc1. The molecule has 0 N–H and O–H groups in total. The van der Waals surface area contributed by atoms with Crippen LogP contribution in [0.5, 0.6) is 0 Å². The van der Waals surface area contributed by atoms with Crippen LogP contribution in [-0.2, 0) is 0 Å². The molecule has 0 amide bonds. The molecule has 0 bridgehead atoms. The number of para-hydroxylation sites is 2. The fourth-order valence-electron chi connectivity index (χ4n) is 8.21. The molecule has 2 heterocycles. The molecule has 0 radical (unpaired) electrons. The van der Waals surface area contributed by atoms with Gasteiger partial charge in [-0.1, -0.05) is 170 Å². The molecule has 2 aromatic heterocycles. The minimum Gasteiger partial charge on any atom is -0.455 e. The summed E-state index contributed by atoms with van der Waals surface area (Å²) in [6, 6.07) is 65.7. The molecule has 11 rings (SSSR count). The van der Waals surface area contributed by atoms with Gasteiger partial charge in [0.2, 0.25) is 0 Å². The minimum absolute atomic E-state index is 0.552. The zero-order valence-corrected chi connectivity index (χ0v) is 29.6. The van der Waals surface area contributed by atoms with Crippen LogP contribution in [0.3, 0.4) is 0 Å². The van der Waals surface area contributed by atoms with Gasteiger partial charge in [-0.25, -0.2) is 15.0 Å². The molecule has 0 unspecified atom stereocenters. The Kier molecular flexibility index (Phi) is 7.14. The average molecular weight is 702 g/mol. The topological polar surface area (TPSA) is 51.8 Å². The summed E-state index contributed by atoms with van der Waals surface area (Å²) in [6.07, 6.45) is 0. The Morgan fingerprint density at radius 3 is 1.64 bits per heavy atom. The Balaban J connectivity index is 1.22. The van der Waals surface area contributed by atoms with Gasteiger partial charge in [0.15, 0.2) is 17.5 Å². The van der Waals surface area contributed by atoms with Crippen molar-refractivity contribution in [3.63, 3.8) is 0 Å². The highest BCUT2D eigenvalue weighted by atomic mass is 16.3. The largest absolute Gasteiger partial charge is 0.455 e. The molecule has 0 atom stereocenters. The highest BCUT2D eigenvalue weighted by Gasteiger charge is 2.22. The van der Waals surface area contributed by atoms with Gasteiger partial charge in [0, 0.05) is 21.9 Å². The smallest absolute Gasteiger partial charge is 0.167 e. The van der Waals surface area contributed by atoms with E-state index in [0.717, 1.165) is 60.9 Å². The van der Waals surface area contributed by atoms with E-state index in [0.29, 0.717) is 17.5 Å². The number of hydrogen-bond donors (Lipinski definition) is 0. The summed E-state index contributed by atoms with van der Waals surface area (Å²) in [4.78, 5) is 15.9. The van der Waals surface area contributed by atoms with E-state index >= 15 is 0 Å². The van der Waals surface area contributed by atoms with Crippen molar-refractivity contribution < 1.29 is 4.42 Å². The molecule has 0 spiro atoms. The summed E-state index contributed by atoms with van der Waals surface area (Å²) >= 11 is 0. The standard InChI is InChI=1S/C51H31N3O/c1-2-15-32(16-3-1)35-19-8-10-24-42(35)49-52-50(54-51(53-49)44-27-14-26-41-38-22-12-13-28-46(38)55-48(41)44)43-25-11-9-23-39(43)47-37-21-7-5-18-34(37)31-45-36-20-6-4-17-33(36)29-30-40(45)47/h1-31H. The first kappa shape index (κ1) is 31.1. The maximum absolute atomic E-state index is 6.55. The summed E-state index contributed by atoms with van der Waals surface area (Å²) < 4.78 is 6.55. The number of hydrogen-bond acceptors (Lipinski definition) is 4. The normalized spacial score (nSPS) is 11.6. The lowest BCUT2D eigenvalue weighted by atomic mass is 9.88. The van der Waals surface area contributed by atoms with Gasteiger partial charge in [0.1, 0.15) is 11.2 Å². The average Bonchev–Trinajstić information content (AvgIpc) is 3.65. The van der Waals surface area contributed by atoms with Gasteiger partial charge >= 0.3 is 0 Å². The van der Waals surface area contributed by atoms with Gasteiger partial charge < -0.3 is 4.42 Å². The monoisotopic (exact) mass is 701 g/mol. The maximum Gasteiger partial charge on any atom is 0.167 e. The van der Waals surface area contributed by atoms with Crippen molar-refractivity contribution in [2.75, 3.05) is 0 Å². The molecule has 0 aliphatic heterocycles. The summed E-state index contributed by atoms with van der Waals surface area (Å²) in [5.41, 5.74) is 8.60. The first-order valence-electron chi connectivity index (χ1n) is 18.5. The van der Waals surface area contributed by atoms with E-state index in [1.165, 1.54) is 32.3 Å². The van der Waals surface area contributed by atoms with E-state index in [4.69, 9.17) is 19.4 Å².